The molecule has 102 valence electrons. The number of halogens is 1. The fraction of sp³-hybridized carbons (Fsp3) is 0.727. The molecule has 0 bridgehead atoms. The Balaban J connectivity index is 2.21. The van der Waals surface area contributed by atoms with Gasteiger partial charge in [-0.25, -0.2) is 13.1 Å². The summed E-state index contributed by atoms with van der Waals surface area (Å²) in [5.74, 6) is 0.312. The van der Waals surface area contributed by atoms with E-state index in [1.807, 2.05) is 0 Å². The Morgan fingerprint density at radius 3 is 2.61 bits per heavy atom. The Morgan fingerprint density at radius 1 is 1.44 bits per heavy atom. The van der Waals surface area contributed by atoms with Crippen molar-refractivity contribution < 1.29 is 8.42 Å². The summed E-state index contributed by atoms with van der Waals surface area (Å²) >= 11 is 5.99. The fourth-order valence-electron chi connectivity index (χ4n) is 2.37. The average molecular weight is 292 g/mol. The maximum atomic E-state index is 12.3. The third kappa shape index (κ3) is 2.87. The third-order valence-corrected chi connectivity index (χ3v) is 5.45. The molecule has 0 aromatic carbocycles. The first-order valence-corrected chi connectivity index (χ1v) is 8.08. The Hall–Kier alpha value is -0.590. The first-order valence-electron chi connectivity index (χ1n) is 6.06. The van der Waals surface area contributed by atoms with E-state index in [0.717, 1.165) is 32.1 Å². The van der Waals surface area contributed by atoms with Crippen molar-refractivity contribution in [3.63, 3.8) is 0 Å². The number of rotatable bonds is 4. The van der Waals surface area contributed by atoms with Crippen molar-refractivity contribution in [2.24, 2.45) is 7.05 Å². The van der Waals surface area contributed by atoms with E-state index < -0.39 is 15.6 Å². The van der Waals surface area contributed by atoms with E-state index in [1.54, 1.807) is 7.05 Å². The third-order valence-electron chi connectivity index (χ3n) is 3.41. The molecule has 1 aromatic heterocycles. The number of nitrogens with zero attached hydrogens (tertiary/aromatic N) is 2. The van der Waals surface area contributed by atoms with Gasteiger partial charge in [0.05, 0.1) is 6.20 Å². The van der Waals surface area contributed by atoms with Crippen molar-refractivity contribution in [1.82, 2.24) is 14.5 Å². The quantitative estimate of drug-likeness (QED) is 0.858. The van der Waals surface area contributed by atoms with Crippen LogP contribution in [0.2, 0.25) is 0 Å². The summed E-state index contributed by atoms with van der Waals surface area (Å²) < 4.78 is 28.8. The lowest BCUT2D eigenvalue weighted by Crippen LogP contribution is -2.51. The lowest BCUT2D eigenvalue weighted by molar-refractivity contribution is 0.298. The molecule has 1 saturated carbocycles. The van der Waals surface area contributed by atoms with Gasteiger partial charge in [-0.2, -0.15) is 5.10 Å². The number of nitrogens with one attached hydrogen (secondary N) is 1. The SMILES string of the molecule is Cn1cc(S(=O)(=O)NC2(CCl)CCCCC2)cn1. The molecule has 0 spiro atoms. The highest BCUT2D eigenvalue weighted by molar-refractivity contribution is 7.89. The monoisotopic (exact) mass is 291 g/mol. The maximum Gasteiger partial charge on any atom is 0.244 e. The van der Waals surface area contributed by atoms with Gasteiger partial charge < -0.3 is 0 Å². The molecule has 1 aliphatic carbocycles. The van der Waals surface area contributed by atoms with Gasteiger partial charge in [0.25, 0.3) is 0 Å². The van der Waals surface area contributed by atoms with Crippen molar-refractivity contribution in [3.05, 3.63) is 12.4 Å². The zero-order valence-corrected chi connectivity index (χ0v) is 12.0. The Bertz CT molecular complexity index is 506. The van der Waals surface area contributed by atoms with E-state index >= 15 is 0 Å². The molecular formula is C11H18ClN3O2S. The van der Waals surface area contributed by atoms with Gasteiger partial charge in [-0.15, -0.1) is 11.6 Å². The van der Waals surface area contributed by atoms with Gasteiger partial charge in [-0.1, -0.05) is 19.3 Å². The first-order chi connectivity index (χ1) is 8.47. The molecule has 18 heavy (non-hydrogen) atoms. The summed E-state index contributed by atoms with van der Waals surface area (Å²) in [6.45, 7) is 0. The maximum absolute atomic E-state index is 12.3. The van der Waals surface area contributed by atoms with Crippen LogP contribution in [0.3, 0.4) is 0 Å². The molecule has 0 amide bonds. The van der Waals surface area contributed by atoms with Gasteiger partial charge in [0, 0.05) is 24.7 Å². The van der Waals surface area contributed by atoms with Crippen molar-refractivity contribution in [3.8, 4) is 0 Å². The predicted octanol–water partition coefficient (Wildman–Crippen LogP) is 1.64. The van der Waals surface area contributed by atoms with Crippen LogP contribution in [0.5, 0.6) is 0 Å². The molecule has 1 heterocycles. The highest BCUT2D eigenvalue weighted by Crippen LogP contribution is 2.30. The number of alkyl halides is 1. The van der Waals surface area contributed by atoms with Gasteiger partial charge in [-0.3, -0.25) is 4.68 Å². The minimum absolute atomic E-state index is 0.195. The van der Waals surface area contributed by atoms with Crippen molar-refractivity contribution in [1.29, 1.82) is 0 Å². The van der Waals surface area contributed by atoms with Gasteiger partial charge in [0.1, 0.15) is 4.90 Å². The van der Waals surface area contributed by atoms with E-state index in [4.69, 9.17) is 11.6 Å². The van der Waals surface area contributed by atoms with Gasteiger partial charge in [0.2, 0.25) is 10.0 Å². The van der Waals surface area contributed by atoms with Gasteiger partial charge >= 0.3 is 0 Å². The molecule has 0 atom stereocenters. The highest BCUT2D eigenvalue weighted by atomic mass is 35.5. The molecule has 0 aliphatic heterocycles. The Morgan fingerprint density at radius 2 is 2.11 bits per heavy atom. The van der Waals surface area contributed by atoms with E-state index in [0.29, 0.717) is 5.88 Å². The molecule has 1 fully saturated rings. The second-order valence-electron chi connectivity index (χ2n) is 4.93. The summed E-state index contributed by atoms with van der Waals surface area (Å²) in [5, 5.41) is 3.89. The highest BCUT2D eigenvalue weighted by Gasteiger charge is 2.36. The van der Waals surface area contributed by atoms with Crippen molar-refractivity contribution in [2.75, 3.05) is 5.88 Å². The lowest BCUT2D eigenvalue weighted by atomic mass is 9.84. The van der Waals surface area contributed by atoms with Crippen LogP contribution in [0.4, 0.5) is 0 Å². The number of sulfonamides is 1. The first kappa shape index (κ1) is 13.8. The van der Waals surface area contributed by atoms with Crippen LogP contribution in [-0.2, 0) is 17.1 Å². The summed E-state index contributed by atoms with van der Waals surface area (Å²) in [4.78, 5) is 0.195. The zero-order valence-electron chi connectivity index (χ0n) is 10.4. The molecule has 7 heteroatoms. The number of aromatic nitrogens is 2. The van der Waals surface area contributed by atoms with Crippen LogP contribution in [0.25, 0.3) is 0 Å². The molecular weight excluding hydrogens is 274 g/mol. The Labute approximate surface area is 113 Å². The molecule has 2 rings (SSSR count). The summed E-state index contributed by atoms with van der Waals surface area (Å²) in [5.41, 5.74) is -0.492. The minimum atomic E-state index is -3.53. The van der Waals surface area contributed by atoms with E-state index in [2.05, 4.69) is 9.82 Å². The van der Waals surface area contributed by atoms with Crippen LogP contribution < -0.4 is 4.72 Å². The standard InChI is InChI=1S/C11H18ClN3O2S/c1-15-8-10(7-13-15)18(16,17)14-11(9-12)5-3-2-4-6-11/h7-8,14H,2-6,9H2,1H3. The number of hydrogen-bond acceptors (Lipinski definition) is 3. The normalized spacial score (nSPS) is 19.9. The van der Waals surface area contributed by atoms with Crippen LogP contribution in [0, 0.1) is 0 Å². The molecule has 1 N–H and O–H groups in total. The Kier molecular flexibility index (Phi) is 3.99. The van der Waals surface area contributed by atoms with Gasteiger partial charge in [0.15, 0.2) is 0 Å². The van der Waals surface area contributed by atoms with Crippen LogP contribution in [-0.4, -0.2) is 29.6 Å². The van der Waals surface area contributed by atoms with E-state index in [-0.39, 0.29) is 4.90 Å². The molecule has 1 aliphatic rings. The van der Waals surface area contributed by atoms with Crippen LogP contribution >= 0.6 is 11.6 Å². The van der Waals surface area contributed by atoms with E-state index in [9.17, 15) is 8.42 Å². The van der Waals surface area contributed by atoms with Crippen molar-refractivity contribution >= 4 is 21.6 Å². The molecule has 0 unspecified atom stereocenters. The lowest BCUT2D eigenvalue weighted by Gasteiger charge is -2.35. The summed E-state index contributed by atoms with van der Waals surface area (Å²) in [6.07, 6.45) is 7.63. The molecule has 1 aromatic rings. The molecule has 0 radical (unpaired) electrons. The fourth-order valence-corrected chi connectivity index (χ4v) is 4.23. The average Bonchev–Trinajstić information content (AvgIpc) is 2.77. The van der Waals surface area contributed by atoms with Crippen LogP contribution in [0.1, 0.15) is 32.1 Å². The van der Waals surface area contributed by atoms with Crippen LogP contribution in [0.15, 0.2) is 17.3 Å². The minimum Gasteiger partial charge on any atom is -0.274 e. The largest absolute Gasteiger partial charge is 0.274 e. The molecule has 0 saturated heterocycles. The van der Waals surface area contributed by atoms with Crippen molar-refractivity contribution in [2.45, 2.75) is 42.5 Å². The topological polar surface area (TPSA) is 64.0 Å². The number of aryl methyl sites for hydroxylation is 1. The second-order valence-corrected chi connectivity index (χ2v) is 6.88. The second kappa shape index (κ2) is 5.19. The van der Waals surface area contributed by atoms with E-state index in [1.165, 1.54) is 17.1 Å². The van der Waals surface area contributed by atoms with Gasteiger partial charge in [-0.05, 0) is 12.8 Å². The molecule has 5 nitrogen and oxygen atoms in total. The summed E-state index contributed by atoms with van der Waals surface area (Å²) in [7, 11) is -1.84. The number of hydrogen-bond donors (Lipinski definition) is 1. The predicted molar refractivity (Wildman–Crippen MR) is 70.1 cm³/mol. The zero-order chi connectivity index (χ0) is 13.2. The summed E-state index contributed by atoms with van der Waals surface area (Å²) in [6, 6.07) is 0. The smallest absolute Gasteiger partial charge is 0.244 e.